The molecule has 1 aromatic carbocycles. The van der Waals surface area contributed by atoms with Crippen molar-refractivity contribution in [3.05, 3.63) is 34.4 Å². The summed E-state index contributed by atoms with van der Waals surface area (Å²) in [5, 5.41) is 13.3. The first kappa shape index (κ1) is 15.9. The summed E-state index contributed by atoms with van der Waals surface area (Å²) in [5.74, 6) is 0.552. The van der Waals surface area contributed by atoms with Gasteiger partial charge in [0.15, 0.2) is 0 Å². The van der Waals surface area contributed by atoms with Gasteiger partial charge in [0, 0.05) is 24.1 Å². The van der Waals surface area contributed by atoms with Gasteiger partial charge in [0.25, 0.3) is 5.69 Å². The van der Waals surface area contributed by atoms with Crippen LogP contribution in [0.3, 0.4) is 0 Å². The van der Waals surface area contributed by atoms with E-state index in [1.54, 1.807) is 6.92 Å². The summed E-state index contributed by atoms with van der Waals surface area (Å²) in [6, 6.07) is 5.32. The van der Waals surface area contributed by atoms with Crippen LogP contribution in [0.1, 0.15) is 32.6 Å². The maximum atomic E-state index is 11.8. The van der Waals surface area contributed by atoms with E-state index >= 15 is 0 Å². The lowest BCUT2D eigenvalue weighted by Gasteiger charge is -2.27. The Morgan fingerprint density at radius 3 is 2.27 bits per heavy atom. The Morgan fingerprint density at radius 2 is 1.77 bits per heavy atom. The fourth-order valence-electron chi connectivity index (χ4n) is 2.58. The molecule has 0 bridgehead atoms. The maximum Gasteiger partial charge on any atom is 0.412 e. The number of nitrogens with one attached hydrogen (secondary N) is 1. The molecule has 0 saturated heterocycles. The lowest BCUT2D eigenvalue weighted by Crippen LogP contribution is -2.39. The van der Waals surface area contributed by atoms with Crippen LogP contribution >= 0.6 is 0 Å². The number of ether oxygens (including phenoxy) is 1. The lowest BCUT2D eigenvalue weighted by atomic mass is 9.84. The molecule has 0 heterocycles. The maximum absolute atomic E-state index is 11.8. The molecule has 0 unspecified atom stereocenters. The van der Waals surface area contributed by atoms with E-state index in [0.29, 0.717) is 0 Å². The number of nitro benzene ring substituents is 1. The standard InChI is InChI=1S/C15H18N2O5/c1-10(18)11-2-4-12(5-3-11)16-15(19)22-14-8-6-13(7-9-14)17(20)21/h6-9,11-12H,2-5H2,1H3,(H,16,19)/t11-,12-. The Hall–Kier alpha value is -2.44. The van der Waals surface area contributed by atoms with E-state index in [1.165, 1.54) is 24.3 Å². The molecule has 7 nitrogen and oxygen atoms in total. The highest BCUT2D eigenvalue weighted by Gasteiger charge is 2.25. The fourth-order valence-corrected chi connectivity index (χ4v) is 2.58. The number of carbonyl (C=O) groups is 2. The summed E-state index contributed by atoms with van der Waals surface area (Å²) in [7, 11) is 0. The summed E-state index contributed by atoms with van der Waals surface area (Å²) in [6.07, 6.45) is 2.47. The Labute approximate surface area is 127 Å². The highest BCUT2D eigenvalue weighted by molar-refractivity contribution is 5.78. The third-order valence-electron chi connectivity index (χ3n) is 3.88. The number of Topliss-reactive ketones (excluding diaryl/α,β-unsaturated/α-hetero) is 1. The van der Waals surface area contributed by atoms with Gasteiger partial charge in [0.1, 0.15) is 11.5 Å². The quantitative estimate of drug-likeness (QED) is 0.681. The van der Waals surface area contributed by atoms with Crippen LogP contribution in [-0.2, 0) is 4.79 Å². The number of non-ortho nitro benzene ring substituents is 1. The SMILES string of the molecule is CC(=O)[C@H]1CC[C@H](NC(=O)Oc2ccc([N+](=O)[O-])cc2)CC1. The van der Waals surface area contributed by atoms with Gasteiger partial charge >= 0.3 is 6.09 Å². The van der Waals surface area contributed by atoms with Crippen molar-refractivity contribution in [3.8, 4) is 5.75 Å². The molecule has 2 rings (SSSR count). The van der Waals surface area contributed by atoms with E-state index in [0.717, 1.165) is 25.7 Å². The minimum absolute atomic E-state index is 0.00106. The van der Waals surface area contributed by atoms with Gasteiger partial charge in [-0.3, -0.25) is 14.9 Å². The Kier molecular flexibility index (Phi) is 5.08. The van der Waals surface area contributed by atoms with Crippen LogP contribution in [0.25, 0.3) is 0 Å². The molecule has 1 saturated carbocycles. The van der Waals surface area contributed by atoms with Gasteiger partial charge in [-0.2, -0.15) is 0 Å². The topological polar surface area (TPSA) is 98.5 Å². The third kappa shape index (κ3) is 4.28. The van der Waals surface area contributed by atoms with Crippen LogP contribution in [0.15, 0.2) is 24.3 Å². The number of carbonyl (C=O) groups excluding carboxylic acids is 2. The van der Waals surface area contributed by atoms with Crippen molar-refractivity contribution < 1.29 is 19.2 Å². The molecule has 1 fully saturated rings. The molecule has 1 aromatic rings. The summed E-state index contributed by atoms with van der Waals surface area (Å²) >= 11 is 0. The van der Waals surface area contributed by atoms with Crippen LogP contribution < -0.4 is 10.1 Å². The predicted octanol–water partition coefficient (Wildman–Crippen LogP) is 2.83. The first-order chi connectivity index (χ1) is 10.5. The Bertz CT molecular complexity index is 562. The van der Waals surface area contributed by atoms with Gasteiger partial charge in [-0.05, 0) is 44.7 Å². The van der Waals surface area contributed by atoms with Gasteiger partial charge in [0.2, 0.25) is 0 Å². The molecule has 1 aliphatic carbocycles. The monoisotopic (exact) mass is 306 g/mol. The van der Waals surface area contributed by atoms with Crippen LogP contribution in [0.5, 0.6) is 5.75 Å². The average molecular weight is 306 g/mol. The second kappa shape index (κ2) is 7.02. The zero-order valence-corrected chi connectivity index (χ0v) is 12.3. The van der Waals surface area contributed by atoms with E-state index < -0.39 is 11.0 Å². The molecule has 7 heteroatoms. The van der Waals surface area contributed by atoms with Crippen molar-refractivity contribution in [1.82, 2.24) is 5.32 Å². The number of hydrogen-bond donors (Lipinski definition) is 1. The zero-order chi connectivity index (χ0) is 16.1. The van der Waals surface area contributed by atoms with E-state index in [-0.39, 0.29) is 29.2 Å². The largest absolute Gasteiger partial charge is 0.412 e. The number of nitro groups is 1. The third-order valence-corrected chi connectivity index (χ3v) is 3.88. The molecule has 0 radical (unpaired) electrons. The van der Waals surface area contributed by atoms with Gasteiger partial charge in [0.05, 0.1) is 4.92 Å². The first-order valence-corrected chi connectivity index (χ1v) is 7.19. The molecule has 0 aliphatic heterocycles. The summed E-state index contributed by atoms with van der Waals surface area (Å²) in [6.45, 7) is 1.60. The highest BCUT2D eigenvalue weighted by Crippen LogP contribution is 2.25. The number of amides is 1. The number of rotatable bonds is 4. The van der Waals surface area contributed by atoms with E-state index in [1.807, 2.05) is 0 Å². The molecule has 1 N–H and O–H groups in total. The molecule has 22 heavy (non-hydrogen) atoms. The molecule has 118 valence electrons. The van der Waals surface area contributed by atoms with E-state index in [4.69, 9.17) is 4.74 Å². The summed E-state index contributed by atoms with van der Waals surface area (Å²) < 4.78 is 5.09. The number of hydrogen-bond acceptors (Lipinski definition) is 5. The predicted molar refractivity (Wildman–Crippen MR) is 78.7 cm³/mol. The van der Waals surface area contributed by atoms with Gasteiger partial charge in [-0.1, -0.05) is 0 Å². The normalized spacial score (nSPS) is 21.0. The molecule has 0 aromatic heterocycles. The summed E-state index contributed by atoms with van der Waals surface area (Å²) in [4.78, 5) is 33.1. The zero-order valence-electron chi connectivity index (χ0n) is 12.3. The Balaban J connectivity index is 1.81. The fraction of sp³-hybridized carbons (Fsp3) is 0.467. The van der Waals surface area contributed by atoms with Gasteiger partial charge in [-0.15, -0.1) is 0 Å². The van der Waals surface area contributed by atoms with Crippen LogP contribution in [0.2, 0.25) is 0 Å². The average Bonchev–Trinajstić information content (AvgIpc) is 2.48. The molecule has 1 aliphatic rings. The van der Waals surface area contributed by atoms with Crippen LogP contribution in [0, 0.1) is 16.0 Å². The number of nitrogens with zero attached hydrogens (tertiary/aromatic N) is 1. The first-order valence-electron chi connectivity index (χ1n) is 7.19. The van der Waals surface area contributed by atoms with Crippen molar-refractivity contribution in [2.45, 2.75) is 38.6 Å². The van der Waals surface area contributed by atoms with E-state index in [2.05, 4.69) is 5.32 Å². The Morgan fingerprint density at radius 1 is 1.18 bits per heavy atom. The van der Waals surface area contributed by atoms with Crippen LogP contribution in [-0.4, -0.2) is 22.8 Å². The number of benzene rings is 1. The van der Waals surface area contributed by atoms with E-state index in [9.17, 15) is 19.7 Å². The number of ketones is 1. The second-order valence-corrected chi connectivity index (χ2v) is 5.44. The lowest BCUT2D eigenvalue weighted by molar-refractivity contribution is -0.384. The second-order valence-electron chi connectivity index (χ2n) is 5.44. The van der Waals surface area contributed by atoms with Crippen molar-refractivity contribution in [2.75, 3.05) is 0 Å². The van der Waals surface area contributed by atoms with Crippen molar-refractivity contribution in [3.63, 3.8) is 0 Å². The molecule has 0 spiro atoms. The molecular weight excluding hydrogens is 288 g/mol. The van der Waals surface area contributed by atoms with Gasteiger partial charge in [-0.25, -0.2) is 4.79 Å². The molecule has 1 amide bonds. The van der Waals surface area contributed by atoms with Crippen LogP contribution in [0.4, 0.5) is 10.5 Å². The minimum Gasteiger partial charge on any atom is -0.410 e. The summed E-state index contributed by atoms with van der Waals surface area (Å²) in [5.41, 5.74) is -0.0599. The van der Waals surface area contributed by atoms with Gasteiger partial charge < -0.3 is 10.1 Å². The van der Waals surface area contributed by atoms with Crippen molar-refractivity contribution >= 4 is 17.6 Å². The van der Waals surface area contributed by atoms with Crippen molar-refractivity contribution in [1.29, 1.82) is 0 Å². The molecular formula is C15H18N2O5. The minimum atomic E-state index is -0.583. The smallest absolute Gasteiger partial charge is 0.410 e. The molecule has 0 atom stereocenters. The highest BCUT2D eigenvalue weighted by atomic mass is 16.6. The van der Waals surface area contributed by atoms with Crippen molar-refractivity contribution in [2.24, 2.45) is 5.92 Å².